The first kappa shape index (κ1) is 39.3. The van der Waals surface area contributed by atoms with Crippen LogP contribution in [-0.4, -0.2) is 17.9 Å². The summed E-state index contributed by atoms with van der Waals surface area (Å²) in [5.74, 6) is 0. The molecule has 254 valence electrons. The van der Waals surface area contributed by atoms with Gasteiger partial charge in [-0.1, -0.05) is 103 Å². The first-order valence-electron chi connectivity index (χ1n) is 18.0. The average Bonchev–Trinajstić information content (AvgIpc) is 3.34. The zero-order valence-corrected chi connectivity index (χ0v) is 30.9. The minimum absolute atomic E-state index is 0.0681. The minimum atomic E-state index is 0.0681. The van der Waals surface area contributed by atoms with Crippen molar-refractivity contribution in [1.82, 2.24) is 0 Å². The third kappa shape index (κ3) is 13.8. The van der Waals surface area contributed by atoms with Crippen molar-refractivity contribution in [2.24, 2.45) is 0 Å². The van der Waals surface area contributed by atoms with Gasteiger partial charge in [-0.2, -0.15) is 0 Å². The van der Waals surface area contributed by atoms with Crippen LogP contribution in [0.15, 0.2) is 59.7 Å². The van der Waals surface area contributed by atoms with E-state index in [1.54, 1.807) is 4.70 Å². The Hall–Kier alpha value is -1.90. The molecule has 0 aromatic heterocycles. The quantitative estimate of drug-likeness (QED) is 0.0694. The molecule has 0 N–H and O–H groups in total. The summed E-state index contributed by atoms with van der Waals surface area (Å²) in [6.07, 6.45) is 19.1. The topological polar surface area (TPSA) is 43.8 Å². The molecule has 0 fully saturated rings. The molecule has 0 radical (unpaired) electrons. The fraction of sp³-hybridized carbons (Fsp3) is 0.600. The van der Waals surface area contributed by atoms with Crippen molar-refractivity contribution in [2.45, 2.75) is 144 Å². The van der Waals surface area contributed by atoms with Crippen molar-refractivity contribution < 1.29 is 30.3 Å². The van der Waals surface area contributed by atoms with Crippen LogP contribution in [0.5, 0.6) is 0 Å². The van der Waals surface area contributed by atoms with Crippen molar-refractivity contribution in [3.63, 3.8) is 0 Å². The second-order valence-electron chi connectivity index (χ2n) is 12.0. The molecule has 0 saturated heterocycles. The number of rotatable bonds is 22. The van der Waals surface area contributed by atoms with Crippen LogP contribution in [0, 0.1) is 0 Å². The monoisotopic (exact) mass is 708 g/mol. The van der Waals surface area contributed by atoms with Gasteiger partial charge < -0.3 is 5.53 Å². The zero-order valence-electron chi connectivity index (χ0n) is 29.4. The molecule has 45 heavy (non-hydrogen) atoms. The Morgan fingerprint density at radius 1 is 0.533 bits per heavy atom. The van der Waals surface area contributed by atoms with Crippen molar-refractivity contribution in [3.8, 4) is 0 Å². The van der Waals surface area contributed by atoms with Gasteiger partial charge in [-0.25, -0.2) is 4.70 Å². The Kier molecular flexibility index (Phi) is 21.2. The molecule has 5 heteroatoms. The predicted molar refractivity (Wildman–Crippen MR) is 188 cm³/mol. The van der Waals surface area contributed by atoms with Crippen molar-refractivity contribution in [3.05, 3.63) is 87.5 Å². The van der Waals surface area contributed by atoms with Crippen LogP contribution in [-0.2, 0) is 38.5 Å². The fourth-order valence-electron chi connectivity index (χ4n) is 5.83. The summed E-state index contributed by atoms with van der Waals surface area (Å²) in [5.41, 5.74) is 21.8. The normalized spacial score (nSPS) is 13.2. The molecule has 1 aliphatic heterocycles. The maximum atomic E-state index is 11.9. The van der Waals surface area contributed by atoms with Crippen molar-refractivity contribution in [1.29, 1.82) is 0 Å². The molecule has 1 aliphatic rings. The van der Waals surface area contributed by atoms with E-state index >= 15 is 0 Å². The van der Waals surface area contributed by atoms with E-state index in [0.717, 1.165) is 74.3 Å². The SMILES string of the molecule is CCCCCCCCC1=C(c2cccc(CCCC)c2)[N+](=[N-])C(c2cccc(CCCC)c2)=C1CCCC.CC[O][Pd][O]CC. The Morgan fingerprint density at radius 2 is 0.956 bits per heavy atom. The second kappa shape index (κ2) is 24.3. The fourth-order valence-corrected chi connectivity index (χ4v) is 6.33. The van der Waals surface area contributed by atoms with Gasteiger partial charge in [0.05, 0.1) is 0 Å². The molecule has 2 aromatic rings. The molecule has 2 aromatic carbocycles. The van der Waals surface area contributed by atoms with E-state index in [9.17, 15) is 5.53 Å². The Bertz CT molecular complexity index is 1180. The van der Waals surface area contributed by atoms with Gasteiger partial charge in [0, 0.05) is 22.3 Å². The standard InChI is InChI=1S/C36H52N2.2C2H5O.Pd/c1-5-9-13-14-15-16-26-34-33(25-12-8-4)35(31-23-17-21-29(27-31)19-10-6-2)38(37)36(34)32-24-18-22-30(28-32)20-11-7-3;2*1-2-3;/h17-18,21-24,27-28H,5-16,19-20,25-26H2,1-4H3;2*2H2,1H3;/q;2*-1;+2. The number of hydrogen-bond donors (Lipinski definition) is 0. The van der Waals surface area contributed by atoms with Gasteiger partial charge in [0.2, 0.25) is 11.4 Å². The molecule has 0 unspecified atom stereocenters. The maximum absolute atomic E-state index is 11.9. The Morgan fingerprint density at radius 3 is 1.42 bits per heavy atom. The second-order valence-corrected chi connectivity index (χ2v) is 13.2. The summed E-state index contributed by atoms with van der Waals surface area (Å²) >= 11 is 0.0681. The van der Waals surface area contributed by atoms with Crippen LogP contribution in [0.2, 0.25) is 0 Å². The van der Waals surface area contributed by atoms with Crippen LogP contribution in [0.1, 0.15) is 154 Å². The van der Waals surface area contributed by atoms with Gasteiger partial charge in [0.25, 0.3) is 0 Å². The van der Waals surface area contributed by atoms with Crippen molar-refractivity contribution in [2.75, 3.05) is 13.2 Å². The Balaban J connectivity index is 0.000000900. The summed E-state index contributed by atoms with van der Waals surface area (Å²) in [4.78, 5) is 0. The average molecular weight is 709 g/mol. The number of hydrogen-bond acceptors (Lipinski definition) is 2. The van der Waals surface area contributed by atoms with Gasteiger partial charge in [-0.15, -0.1) is 0 Å². The molecule has 0 saturated carbocycles. The van der Waals surface area contributed by atoms with E-state index in [2.05, 4.69) is 76.2 Å². The van der Waals surface area contributed by atoms with Crippen LogP contribution < -0.4 is 0 Å². The van der Waals surface area contributed by atoms with E-state index in [1.165, 1.54) is 86.5 Å². The van der Waals surface area contributed by atoms with Crippen LogP contribution >= 0.6 is 0 Å². The molecule has 0 amide bonds. The first-order valence-corrected chi connectivity index (χ1v) is 19.3. The number of unbranched alkanes of at least 4 members (excludes halogenated alkanes) is 8. The van der Waals surface area contributed by atoms with Gasteiger partial charge in [0.1, 0.15) is 0 Å². The van der Waals surface area contributed by atoms with Crippen molar-refractivity contribution >= 4 is 11.4 Å². The molecule has 0 aliphatic carbocycles. The number of allylic oxidation sites excluding steroid dienone is 2. The summed E-state index contributed by atoms with van der Waals surface area (Å²) in [6, 6.07) is 17.9. The molecular formula is C40H62N2O2Pd. The Labute approximate surface area is 285 Å². The van der Waals surface area contributed by atoms with E-state index < -0.39 is 0 Å². The summed E-state index contributed by atoms with van der Waals surface area (Å²) < 4.78 is 11.4. The third-order valence-electron chi connectivity index (χ3n) is 8.22. The number of benzene rings is 2. The molecule has 4 nitrogen and oxygen atoms in total. The van der Waals surface area contributed by atoms with Gasteiger partial charge in [-0.3, -0.25) is 0 Å². The van der Waals surface area contributed by atoms with E-state index in [-0.39, 0.29) is 18.7 Å². The van der Waals surface area contributed by atoms with Gasteiger partial charge >= 0.3 is 52.7 Å². The number of nitrogens with zero attached hydrogens (tertiary/aromatic N) is 2. The third-order valence-corrected chi connectivity index (χ3v) is 9.48. The molecule has 1 heterocycles. The number of aryl methyl sites for hydroxylation is 2. The summed E-state index contributed by atoms with van der Waals surface area (Å²) in [7, 11) is 0. The molecule has 3 rings (SSSR count). The van der Waals surface area contributed by atoms with Crippen LogP contribution in [0.25, 0.3) is 16.9 Å². The van der Waals surface area contributed by atoms with Crippen LogP contribution in [0.3, 0.4) is 0 Å². The zero-order chi connectivity index (χ0) is 32.7. The molecule has 0 bridgehead atoms. The molecular weight excluding hydrogens is 647 g/mol. The first-order chi connectivity index (χ1) is 22.1. The van der Waals surface area contributed by atoms with E-state index in [0.29, 0.717) is 0 Å². The van der Waals surface area contributed by atoms with Gasteiger partial charge in [-0.05, 0) is 86.8 Å². The van der Waals surface area contributed by atoms with E-state index in [1.807, 2.05) is 13.8 Å². The van der Waals surface area contributed by atoms with Gasteiger partial charge in [0.15, 0.2) is 0 Å². The summed E-state index contributed by atoms with van der Waals surface area (Å²) in [5, 5.41) is 0. The van der Waals surface area contributed by atoms with Crippen LogP contribution in [0.4, 0.5) is 0 Å². The molecule has 0 atom stereocenters. The molecule has 0 spiro atoms. The predicted octanol–water partition coefficient (Wildman–Crippen LogP) is 12.5. The summed E-state index contributed by atoms with van der Waals surface area (Å²) in [6.45, 7) is 14.5. The van der Waals surface area contributed by atoms with E-state index in [4.69, 9.17) is 6.92 Å².